The highest BCUT2D eigenvalue weighted by molar-refractivity contribution is 8.19. The summed E-state index contributed by atoms with van der Waals surface area (Å²) in [7, 11) is 2.75. The SMILES string of the molecule is COc1cc(/C=C2\SC(N3CC(C(=O)O)C3)=NC2=O)ccc1Oc1ccc(C)cc1C(F)(F)F.COc1cc(/C=C2\SC(N3CCCC(O)C3)=NC2=O)ccc1Oc1ccc(C)cc1C(F)(F)F.Cc1ccc(Oc2ccc(/C=C3\SC(N4CC(C(=O)O)C4)=NC3=O)cc2F)c(C(F)(F)F)c1. The van der Waals surface area contributed by atoms with E-state index in [1.54, 1.807) is 60.1 Å². The number of carbonyl (C=O) groups excluding carboxylic acids is 3. The highest BCUT2D eigenvalue weighted by Crippen LogP contribution is 2.46. The Morgan fingerprint density at radius 3 is 1.12 bits per heavy atom. The number of piperidine rings is 1. The van der Waals surface area contributed by atoms with E-state index in [0.29, 0.717) is 78.3 Å². The highest BCUT2D eigenvalue weighted by Gasteiger charge is 2.41. The zero-order valence-corrected chi connectivity index (χ0v) is 56.1. The van der Waals surface area contributed by atoms with E-state index in [1.165, 1.54) is 93.6 Å². The molecular formula is C69H58F10N6O13S3. The molecule has 101 heavy (non-hydrogen) atoms. The number of aryl methyl sites for hydroxylation is 3. The summed E-state index contributed by atoms with van der Waals surface area (Å²) in [5.41, 5.74) is -0.0249. The molecule has 12 rings (SSSR count). The van der Waals surface area contributed by atoms with Crippen LogP contribution in [0.1, 0.15) is 62.9 Å². The van der Waals surface area contributed by atoms with Crippen LogP contribution in [0.15, 0.2) is 139 Å². The minimum Gasteiger partial charge on any atom is -0.493 e. The molecule has 0 aliphatic carbocycles. The zero-order chi connectivity index (χ0) is 73.0. The molecule has 6 aliphatic rings. The van der Waals surface area contributed by atoms with Crippen molar-refractivity contribution in [3.8, 4) is 46.0 Å². The first-order valence-corrected chi connectivity index (χ1v) is 32.8. The number of amides is 3. The van der Waals surface area contributed by atoms with Crippen LogP contribution in [0.5, 0.6) is 46.0 Å². The lowest BCUT2D eigenvalue weighted by Crippen LogP contribution is -2.51. The largest absolute Gasteiger partial charge is 0.493 e. The molecule has 3 amide bonds. The van der Waals surface area contributed by atoms with Crippen molar-refractivity contribution in [3.63, 3.8) is 0 Å². The molecule has 6 aliphatic heterocycles. The van der Waals surface area contributed by atoms with E-state index >= 15 is 0 Å². The lowest BCUT2D eigenvalue weighted by molar-refractivity contribution is -0.146. The second-order valence-corrected chi connectivity index (χ2v) is 26.4. The summed E-state index contributed by atoms with van der Waals surface area (Å²) in [6, 6.07) is 24.0. The number of halogens is 10. The van der Waals surface area contributed by atoms with Gasteiger partial charge in [0.25, 0.3) is 17.7 Å². The number of hydrogen-bond donors (Lipinski definition) is 3. The van der Waals surface area contributed by atoms with Crippen LogP contribution < -0.4 is 23.7 Å². The number of likely N-dealkylation sites (tertiary alicyclic amines) is 3. The molecular weight excluding hydrogens is 1410 g/mol. The molecule has 6 heterocycles. The van der Waals surface area contributed by atoms with Crippen molar-refractivity contribution in [3.05, 3.63) is 180 Å². The summed E-state index contributed by atoms with van der Waals surface area (Å²) in [5, 5.41) is 29.2. The molecule has 32 heteroatoms. The number of β-amino-alcohol motifs (C(OH)–C–C–N with tert-alkyl or cyclic N) is 1. The maximum atomic E-state index is 14.6. The number of aliphatic hydroxyl groups excluding tert-OH is 1. The lowest BCUT2D eigenvalue weighted by atomic mass is 10.0. The third-order valence-electron chi connectivity index (χ3n) is 15.7. The highest BCUT2D eigenvalue weighted by atomic mass is 32.2. The Morgan fingerprint density at radius 2 is 0.792 bits per heavy atom. The topological polar surface area (TPSA) is 239 Å². The number of carbonyl (C=O) groups is 5. The maximum Gasteiger partial charge on any atom is 0.419 e. The smallest absolute Gasteiger partial charge is 0.419 e. The third kappa shape index (κ3) is 18.2. The van der Waals surface area contributed by atoms with Gasteiger partial charge in [0, 0.05) is 39.3 Å². The molecule has 0 bridgehead atoms. The predicted octanol–water partition coefficient (Wildman–Crippen LogP) is 15.0. The number of aliphatic hydroxyl groups is 1. The van der Waals surface area contributed by atoms with Gasteiger partial charge in [-0.1, -0.05) is 53.1 Å². The first-order chi connectivity index (χ1) is 47.7. The number of benzene rings is 6. The van der Waals surface area contributed by atoms with E-state index in [4.69, 9.17) is 33.9 Å². The van der Waals surface area contributed by atoms with Gasteiger partial charge in [0.1, 0.15) is 17.2 Å². The number of alkyl halides is 9. The fourth-order valence-electron chi connectivity index (χ4n) is 10.4. The quantitative estimate of drug-likeness (QED) is 0.0719. The molecule has 3 fully saturated rings. The van der Waals surface area contributed by atoms with Crippen molar-refractivity contribution in [2.75, 3.05) is 53.5 Å². The number of hydrogen-bond acceptors (Lipinski definition) is 17. The third-order valence-corrected chi connectivity index (χ3v) is 18.8. The molecule has 0 spiro atoms. The van der Waals surface area contributed by atoms with Crippen LogP contribution in [0.4, 0.5) is 43.9 Å². The molecule has 0 saturated carbocycles. The van der Waals surface area contributed by atoms with E-state index < -0.39 is 94.2 Å². The number of aliphatic imine (C=N–C) groups is 3. The summed E-state index contributed by atoms with van der Waals surface area (Å²) >= 11 is 3.41. The Kier molecular flexibility index (Phi) is 22.4. The second-order valence-electron chi connectivity index (χ2n) is 23.4. The van der Waals surface area contributed by atoms with E-state index in [-0.39, 0.29) is 58.4 Å². The second kappa shape index (κ2) is 30.6. The number of ether oxygens (including phenoxy) is 5. The first kappa shape index (κ1) is 73.9. The summed E-state index contributed by atoms with van der Waals surface area (Å²) in [5.74, 6) is -6.04. The predicted molar refractivity (Wildman–Crippen MR) is 357 cm³/mol. The van der Waals surface area contributed by atoms with Crippen LogP contribution in [-0.2, 0) is 42.5 Å². The van der Waals surface area contributed by atoms with Crippen LogP contribution in [0.25, 0.3) is 18.2 Å². The Balaban J connectivity index is 0.000000163. The van der Waals surface area contributed by atoms with Gasteiger partial charge in [-0.25, -0.2) is 4.39 Å². The normalized spacial score (nSPS) is 18.5. The Morgan fingerprint density at radius 1 is 0.465 bits per heavy atom. The average Bonchev–Trinajstić information content (AvgIpc) is 1.50. The van der Waals surface area contributed by atoms with E-state index in [9.17, 15) is 73.0 Å². The molecule has 0 radical (unpaired) electrons. The van der Waals surface area contributed by atoms with Gasteiger partial charge in [0.15, 0.2) is 50.1 Å². The van der Waals surface area contributed by atoms with Crippen molar-refractivity contribution in [2.45, 2.75) is 58.2 Å². The van der Waals surface area contributed by atoms with Gasteiger partial charge in [0.05, 0.1) is 63.6 Å². The molecule has 6 aromatic rings. The Hall–Kier alpha value is -9.79. The number of thioether (sulfide) groups is 3. The minimum atomic E-state index is -4.67. The maximum absolute atomic E-state index is 14.6. The number of aliphatic carboxylic acids is 2. The number of carboxylic acid groups (broad SMARTS) is 2. The van der Waals surface area contributed by atoms with Crippen LogP contribution in [0, 0.1) is 38.4 Å². The summed E-state index contributed by atoms with van der Waals surface area (Å²) in [6.07, 6.45) is -8.09. The van der Waals surface area contributed by atoms with Crippen LogP contribution in [0.3, 0.4) is 0 Å². The van der Waals surface area contributed by atoms with Gasteiger partial charge >= 0.3 is 30.5 Å². The van der Waals surface area contributed by atoms with E-state index in [0.717, 1.165) is 73.2 Å². The van der Waals surface area contributed by atoms with E-state index in [1.807, 2.05) is 4.90 Å². The number of carboxylic acids is 2. The molecule has 530 valence electrons. The number of nitrogens with zero attached hydrogens (tertiary/aromatic N) is 6. The van der Waals surface area contributed by atoms with Crippen molar-refractivity contribution < 1.29 is 107 Å². The van der Waals surface area contributed by atoms with Gasteiger partial charge in [-0.15, -0.1) is 0 Å². The molecule has 3 saturated heterocycles. The molecule has 1 unspecified atom stereocenters. The number of methoxy groups -OCH3 is 2. The Bertz CT molecular complexity index is 4470. The molecule has 3 N–H and O–H groups in total. The molecule has 19 nitrogen and oxygen atoms in total. The van der Waals surface area contributed by atoms with Crippen LogP contribution >= 0.6 is 35.3 Å². The minimum absolute atomic E-state index is 0.0848. The van der Waals surface area contributed by atoms with Gasteiger partial charge in [-0.05, 0) is 177 Å². The first-order valence-electron chi connectivity index (χ1n) is 30.4. The van der Waals surface area contributed by atoms with Crippen molar-refractivity contribution in [1.29, 1.82) is 0 Å². The van der Waals surface area contributed by atoms with Crippen molar-refractivity contribution >= 4 is 98.7 Å². The van der Waals surface area contributed by atoms with E-state index in [2.05, 4.69) is 15.0 Å². The van der Waals surface area contributed by atoms with Crippen molar-refractivity contribution in [1.82, 2.24) is 14.7 Å². The Labute approximate surface area is 581 Å². The van der Waals surface area contributed by atoms with Crippen LogP contribution in [-0.4, -0.2) is 135 Å². The zero-order valence-electron chi connectivity index (χ0n) is 53.6. The van der Waals surface area contributed by atoms with Gasteiger partial charge in [-0.3, -0.25) is 24.0 Å². The summed E-state index contributed by atoms with van der Waals surface area (Å²) in [4.78, 5) is 77.0. The monoisotopic (exact) mass is 1460 g/mol. The number of amidine groups is 3. The van der Waals surface area contributed by atoms with Gasteiger partial charge in [0.2, 0.25) is 0 Å². The molecule has 6 aromatic carbocycles. The molecule has 1 atom stereocenters. The molecule has 0 aromatic heterocycles. The fourth-order valence-corrected chi connectivity index (χ4v) is 13.2. The average molecular weight is 1470 g/mol. The summed E-state index contributed by atoms with van der Waals surface area (Å²) < 4.78 is 162. The standard InChI is InChI=1S/C24H23F3N2O4S.C23H19F3N2O5S.C22H16F4N2O4S/c1-14-5-7-18(17(10-14)24(25,26)27)33-19-8-6-15(11-20(19)32-2)12-21-22(31)28-23(34-21)29-9-3-4-16(30)13-29;1-12-3-5-16(15(7-12)23(24,25)26)33-17-6-4-13(8-18(17)32-2)9-19-20(29)27-22(34-19)28-10-14(11-28)21(30)31;1-11-2-4-16(14(6-11)22(24,25)26)32-17-5-3-12(7-15(17)23)8-18-19(29)27-21(33-18)28-9-13(10-28)20(30)31/h5-8,10-12,16,30H,3-4,9,13H2,1-2H3;3-9,14H,10-11H2,1-2H3,(H,30,31);2-8,13H,9-10H2,1H3,(H,30,31)/b21-12-;19-9-;18-8-. The van der Waals surface area contributed by atoms with Gasteiger partial charge < -0.3 is 53.7 Å². The van der Waals surface area contributed by atoms with Gasteiger partial charge in [-0.2, -0.15) is 54.5 Å². The fraction of sp³-hybridized carbons (Fsp3) is 0.275. The lowest BCUT2D eigenvalue weighted by Gasteiger charge is -2.37. The van der Waals surface area contributed by atoms with Crippen LogP contribution in [0.2, 0.25) is 0 Å². The number of rotatable bonds is 13. The van der Waals surface area contributed by atoms with Crippen molar-refractivity contribution in [2.24, 2.45) is 26.8 Å². The summed E-state index contributed by atoms with van der Waals surface area (Å²) in [6.45, 7) is 6.89.